The van der Waals surface area contributed by atoms with E-state index in [4.69, 9.17) is 11.6 Å². The Balaban J connectivity index is 2.14. The normalized spacial score (nSPS) is 11.7. The number of likely N-dealkylation sites (N-methyl/N-ethyl adjacent to an activating group) is 1. The number of nitrogens with one attached hydrogen (secondary N) is 1. The van der Waals surface area contributed by atoms with Gasteiger partial charge in [-0.15, -0.1) is 0 Å². The molecular formula is C21H25ClN2O2. The van der Waals surface area contributed by atoms with Crippen LogP contribution in [0.2, 0.25) is 5.02 Å². The number of carbonyl (C=O) groups is 2. The van der Waals surface area contributed by atoms with Crippen LogP contribution in [0.1, 0.15) is 25.0 Å². The van der Waals surface area contributed by atoms with Crippen LogP contribution in [0.3, 0.4) is 0 Å². The average Bonchev–Trinajstić information content (AvgIpc) is 2.64. The lowest BCUT2D eigenvalue weighted by Gasteiger charge is -2.29. The van der Waals surface area contributed by atoms with Gasteiger partial charge in [-0.25, -0.2) is 0 Å². The molecule has 2 amide bonds. The Bertz CT molecular complexity index is 734. The van der Waals surface area contributed by atoms with Crippen molar-refractivity contribution < 1.29 is 9.59 Å². The number of amides is 2. The second-order valence-corrected chi connectivity index (χ2v) is 6.57. The minimum atomic E-state index is -0.534. The van der Waals surface area contributed by atoms with Gasteiger partial charge in [0.05, 0.1) is 6.42 Å². The predicted octanol–water partition coefficient (Wildman–Crippen LogP) is 3.48. The minimum Gasteiger partial charge on any atom is -0.355 e. The topological polar surface area (TPSA) is 49.4 Å². The van der Waals surface area contributed by atoms with Gasteiger partial charge in [-0.1, -0.05) is 60.1 Å². The van der Waals surface area contributed by atoms with Gasteiger partial charge in [0.25, 0.3) is 0 Å². The van der Waals surface area contributed by atoms with Crippen molar-refractivity contribution in [3.63, 3.8) is 0 Å². The lowest BCUT2D eigenvalue weighted by atomic mass is 10.1. The van der Waals surface area contributed by atoms with Crippen molar-refractivity contribution >= 4 is 23.4 Å². The Morgan fingerprint density at radius 3 is 2.38 bits per heavy atom. The largest absolute Gasteiger partial charge is 0.355 e. The number of hydrogen-bond donors (Lipinski definition) is 1. The van der Waals surface area contributed by atoms with E-state index in [0.717, 1.165) is 11.1 Å². The number of rotatable bonds is 8. The first-order valence-corrected chi connectivity index (χ1v) is 9.25. The zero-order chi connectivity index (χ0) is 18.9. The van der Waals surface area contributed by atoms with Crippen molar-refractivity contribution in [1.82, 2.24) is 10.2 Å². The van der Waals surface area contributed by atoms with E-state index in [1.165, 1.54) is 0 Å². The molecule has 2 rings (SSSR count). The van der Waals surface area contributed by atoms with E-state index in [2.05, 4.69) is 5.32 Å². The van der Waals surface area contributed by atoms with Crippen LogP contribution in [-0.2, 0) is 22.4 Å². The van der Waals surface area contributed by atoms with E-state index < -0.39 is 6.04 Å². The molecule has 0 bridgehead atoms. The third-order valence-corrected chi connectivity index (χ3v) is 4.67. The smallest absolute Gasteiger partial charge is 0.242 e. The van der Waals surface area contributed by atoms with Gasteiger partial charge in [0.2, 0.25) is 11.8 Å². The molecular weight excluding hydrogens is 348 g/mol. The summed E-state index contributed by atoms with van der Waals surface area (Å²) in [5, 5.41) is 3.36. The molecule has 1 atom stereocenters. The molecule has 0 heterocycles. The summed E-state index contributed by atoms with van der Waals surface area (Å²) in [5.74, 6) is -0.249. The molecule has 26 heavy (non-hydrogen) atoms. The minimum absolute atomic E-state index is 0.104. The van der Waals surface area contributed by atoms with Crippen molar-refractivity contribution in [2.45, 2.75) is 32.7 Å². The molecule has 1 N–H and O–H groups in total. The van der Waals surface area contributed by atoms with Crippen LogP contribution in [0.4, 0.5) is 0 Å². The van der Waals surface area contributed by atoms with Gasteiger partial charge in [0, 0.05) is 18.1 Å². The molecule has 0 aliphatic carbocycles. The van der Waals surface area contributed by atoms with Gasteiger partial charge in [0.1, 0.15) is 6.04 Å². The first-order chi connectivity index (χ1) is 12.5. The number of benzene rings is 2. The summed E-state index contributed by atoms with van der Waals surface area (Å²) in [6.07, 6.45) is 0.872. The molecule has 4 nitrogen and oxygen atoms in total. The molecule has 2 aromatic rings. The summed E-state index contributed by atoms with van der Waals surface area (Å²) in [6, 6.07) is 16.7. The lowest BCUT2D eigenvalue weighted by Crippen LogP contribution is -2.49. The van der Waals surface area contributed by atoms with E-state index in [-0.39, 0.29) is 18.2 Å². The van der Waals surface area contributed by atoms with E-state index in [9.17, 15) is 9.59 Å². The van der Waals surface area contributed by atoms with Crippen LogP contribution in [0.5, 0.6) is 0 Å². The molecule has 0 unspecified atom stereocenters. The molecule has 0 radical (unpaired) electrons. The molecule has 0 spiro atoms. The molecule has 0 aliphatic heterocycles. The fraction of sp³-hybridized carbons (Fsp3) is 0.333. The van der Waals surface area contributed by atoms with Crippen molar-refractivity contribution in [2.75, 3.05) is 13.1 Å². The molecule has 0 saturated carbocycles. The third-order valence-electron chi connectivity index (χ3n) is 4.30. The van der Waals surface area contributed by atoms with Gasteiger partial charge in [-0.3, -0.25) is 9.59 Å². The van der Waals surface area contributed by atoms with Gasteiger partial charge < -0.3 is 10.2 Å². The fourth-order valence-corrected chi connectivity index (χ4v) is 3.00. The summed E-state index contributed by atoms with van der Waals surface area (Å²) < 4.78 is 0. The van der Waals surface area contributed by atoms with Crippen LogP contribution in [-0.4, -0.2) is 35.8 Å². The summed E-state index contributed by atoms with van der Waals surface area (Å²) in [7, 11) is 0. The van der Waals surface area contributed by atoms with Gasteiger partial charge >= 0.3 is 0 Å². The highest BCUT2D eigenvalue weighted by Crippen LogP contribution is 2.17. The van der Waals surface area contributed by atoms with E-state index in [0.29, 0.717) is 24.5 Å². The highest BCUT2D eigenvalue weighted by Gasteiger charge is 2.25. The molecule has 0 aromatic heterocycles. The zero-order valence-electron chi connectivity index (χ0n) is 15.2. The Morgan fingerprint density at radius 1 is 1.08 bits per heavy atom. The van der Waals surface area contributed by atoms with Gasteiger partial charge in [-0.2, -0.15) is 0 Å². The van der Waals surface area contributed by atoms with Crippen molar-refractivity contribution in [2.24, 2.45) is 0 Å². The van der Waals surface area contributed by atoms with Crippen LogP contribution in [0, 0.1) is 0 Å². The Labute approximate surface area is 160 Å². The number of halogens is 1. The van der Waals surface area contributed by atoms with Crippen LogP contribution >= 0.6 is 11.6 Å². The van der Waals surface area contributed by atoms with Crippen molar-refractivity contribution in [1.29, 1.82) is 0 Å². The number of nitrogens with zero attached hydrogens (tertiary/aromatic N) is 1. The summed E-state index contributed by atoms with van der Waals surface area (Å²) in [4.78, 5) is 26.9. The molecule has 0 aliphatic rings. The Morgan fingerprint density at radius 2 is 1.73 bits per heavy atom. The third kappa shape index (κ3) is 5.60. The van der Waals surface area contributed by atoms with E-state index in [1.54, 1.807) is 17.9 Å². The molecule has 0 fully saturated rings. The summed E-state index contributed by atoms with van der Waals surface area (Å²) in [6.45, 7) is 4.64. The average molecular weight is 373 g/mol. The number of hydrogen-bond acceptors (Lipinski definition) is 2. The van der Waals surface area contributed by atoms with Crippen LogP contribution in [0.25, 0.3) is 0 Å². The lowest BCUT2D eigenvalue weighted by molar-refractivity contribution is -0.139. The van der Waals surface area contributed by atoms with Crippen molar-refractivity contribution in [3.8, 4) is 0 Å². The molecule has 2 aromatic carbocycles. The quantitative estimate of drug-likeness (QED) is 0.771. The zero-order valence-corrected chi connectivity index (χ0v) is 16.0. The first kappa shape index (κ1) is 20.0. The van der Waals surface area contributed by atoms with Crippen molar-refractivity contribution in [3.05, 3.63) is 70.7 Å². The van der Waals surface area contributed by atoms with Gasteiger partial charge in [-0.05, 0) is 37.5 Å². The van der Waals surface area contributed by atoms with Crippen LogP contribution in [0.15, 0.2) is 54.6 Å². The SMILES string of the molecule is CCNC(=O)[C@H](C)N(CCc1ccccc1)C(=O)Cc1ccccc1Cl. The predicted molar refractivity (Wildman–Crippen MR) is 105 cm³/mol. The summed E-state index contributed by atoms with van der Waals surface area (Å²) in [5.41, 5.74) is 1.90. The van der Waals surface area contributed by atoms with E-state index in [1.807, 2.05) is 55.5 Å². The standard InChI is InChI=1S/C21H25ClN2O2/c1-3-23-21(26)16(2)24(14-13-17-9-5-4-6-10-17)20(25)15-18-11-7-8-12-19(18)22/h4-12,16H,3,13-15H2,1-2H3,(H,23,26)/t16-/m0/s1. The maximum absolute atomic E-state index is 12.9. The maximum Gasteiger partial charge on any atom is 0.242 e. The molecule has 5 heteroatoms. The van der Waals surface area contributed by atoms with Crippen LogP contribution < -0.4 is 5.32 Å². The summed E-state index contributed by atoms with van der Waals surface area (Å²) >= 11 is 6.19. The number of carbonyl (C=O) groups excluding carboxylic acids is 2. The highest BCUT2D eigenvalue weighted by molar-refractivity contribution is 6.31. The highest BCUT2D eigenvalue weighted by atomic mass is 35.5. The molecule has 138 valence electrons. The molecule has 0 saturated heterocycles. The second-order valence-electron chi connectivity index (χ2n) is 6.16. The van der Waals surface area contributed by atoms with Gasteiger partial charge in [0.15, 0.2) is 0 Å². The van der Waals surface area contributed by atoms with E-state index >= 15 is 0 Å². The first-order valence-electron chi connectivity index (χ1n) is 8.87. The Kier molecular flexibility index (Phi) is 7.67. The fourth-order valence-electron chi connectivity index (χ4n) is 2.80. The maximum atomic E-state index is 12.9. The second kappa shape index (κ2) is 9.97. The Hall–Kier alpha value is -2.33. The monoisotopic (exact) mass is 372 g/mol.